The molecule has 0 aliphatic heterocycles. The second-order valence-corrected chi connectivity index (χ2v) is 21.8. The van der Waals surface area contributed by atoms with Crippen molar-refractivity contribution < 1.29 is 71.7 Å². The van der Waals surface area contributed by atoms with E-state index in [0.717, 1.165) is 41.3 Å². The molecule has 0 radical (unpaired) electrons. The maximum Gasteiger partial charge on any atom is 0.323 e. The molecule has 0 saturated heterocycles. The van der Waals surface area contributed by atoms with E-state index in [1.54, 1.807) is 26.0 Å². The average molecular weight is 1160 g/mol. The summed E-state index contributed by atoms with van der Waals surface area (Å²) in [5.41, 5.74) is 1.61. The summed E-state index contributed by atoms with van der Waals surface area (Å²) in [6.45, 7) is 1.57. The number of nitrogens with one attached hydrogen (secondary N) is 2. The molecule has 0 amide bonds. The largest absolute Gasteiger partial charge is 0.480 e. The van der Waals surface area contributed by atoms with Crippen LogP contribution in [0.25, 0.3) is 0 Å². The molecule has 7 rings (SSSR count). The summed E-state index contributed by atoms with van der Waals surface area (Å²) in [6, 6.07) is 25.3. The lowest BCUT2D eigenvalue weighted by atomic mass is 10.2. The minimum absolute atomic E-state index is 0.0438. The van der Waals surface area contributed by atoms with E-state index in [2.05, 4.69) is 66.5 Å². The number of azo groups is 4. The van der Waals surface area contributed by atoms with E-state index in [-0.39, 0.29) is 73.1 Å². The maximum absolute atomic E-state index is 12.4. The van der Waals surface area contributed by atoms with Gasteiger partial charge in [-0.25, -0.2) is 0 Å². The third kappa shape index (κ3) is 15.9. The summed E-state index contributed by atoms with van der Waals surface area (Å²) in [5.74, 6) is -3.59. The Morgan fingerprint density at radius 1 is 0.430 bits per heavy atom. The lowest BCUT2D eigenvalue weighted by molar-refractivity contribution is -0.136. The smallest absolute Gasteiger partial charge is 0.323 e. The summed E-state index contributed by atoms with van der Waals surface area (Å²) in [7, 11) is -18.7. The van der Waals surface area contributed by atoms with E-state index in [9.17, 15) is 71.7 Å². The van der Waals surface area contributed by atoms with Gasteiger partial charge in [0.15, 0.2) is 0 Å². The number of nitrogens with zero attached hydrogens (tertiary/aromatic N) is 12. The van der Waals surface area contributed by atoms with Crippen molar-refractivity contribution in [3.8, 4) is 0 Å². The predicted molar refractivity (Wildman–Crippen MR) is 278 cm³/mol. The van der Waals surface area contributed by atoms with E-state index in [1.807, 2.05) is 0 Å². The molecular formula is C45H38N14O16S4. The lowest BCUT2D eigenvalue weighted by Gasteiger charge is -2.20. The first kappa shape index (κ1) is 57.4. The van der Waals surface area contributed by atoms with Crippen molar-refractivity contribution in [3.63, 3.8) is 0 Å². The van der Waals surface area contributed by atoms with Crippen molar-refractivity contribution in [2.24, 2.45) is 40.9 Å². The average Bonchev–Trinajstić information content (AvgIpc) is 3.38. The van der Waals surface area contributed by atoms with Gasteiger partial charge < -0.3 is 25.7 Å². The standard InChI is InChI=1S/C45H38N14O16S4/c1-25-19-29(7-15-35(25)55-57-37-17-9-31(21-39(37)78(70,71)72)53-51-27-3-11-33(12-4-27)76(64,65)66)46-43-48-44(50-45(49-43)59(23-41(60)61)24-42(62)63)47-30-8-16-36(26(2)20-30)56-58-38-18-10-32(22-40(38)79(73,74)75)54-52-28-5-13-34(14-6-28)77(67,68)69/h3-22H,23-24H2,1-2H3,(H,60,61)(H,62,63)(H,64,65,66)(H,67,68,69)(H,70,71,72)(H,73,74,75)(H2,46,47,48,49,50). The minimum atomic E-state index is -4.90. The Hall–Kier alpha value is -9.29. The molecule has 79 heavy (non-hydrogen) atoms. The molecular weight excluding hydrogens is 1120 g/mol. The Balaban J connectivity index is 1.10. The Morgan fingerprint density at radius 2 is 0.759 bits per heavy atom. The summed E-state index contributed by atoms with van der Waals surface area (Å²) in [6.07, 6.45) is 0. The first-order chi connectivity index (χ1) is 37.1. The van der Waals surface area contributed by atoms with Gasteiger partial charge in [-0.1, -0.05) is 0 Å². The van der Waals surface area contributed by atoms with Crippen molar-refractivity contribution in [2.45, 2.75) is 33.4 Å². The van der Waals surface area contributed by atoms with Crippen LogP contribution in [0.3, 0.4) is 0 Å². The fraction of sp³-hybridized carbons (Fsp3) is 0.0889. The van der Waals surface area contributed by atoms with Crippen LogP contribution in [0.5, 0.6) is 0 Å². The third-order valence-corrected chi connectivity index (χ3v) is 13.8. The van der Waals surface area contributed by atoms with Crippen LogP contribution in [0.4, 0.5) is 74.7 Å². The molecule has 0 saturated carbocycles. The lowest BCUT2D eigenvalue weighted by Crippen LogP contribution is -2.36. The number of carboxylic acids is 2. The van der Waals surface area contributed by atoms with Gasteiger partial charge in [0.1, 0.15) is 34.3 Å². The van der Waals surface area contributed by atoms with E-state index < -0.39 is 75.3 Å². The number of carboxylic acid groups (broad SMARTS) is 2. The third-order valence-electron chi connectivity index (χ3n) is 10.3. The van der Waals surface area contributed by atoms with Crippen LogP contribution < -0.4 is 15.5 Å². The second kappa shape index (κ2) is 23.5. The number of anilines is 5. The molecule has 0 bridgehead atoms. The highest BCUT2D eigenvalue weighted by Gasteiger charge is 2.22. The van der Waals surface area contributed by atoms with Gasteiger partial charge in [0.05, 0.1) is 43.9 Å². The zero-order valence-electron chi connectivity index (χ0n) is 40.2. The van der Waals surface area contributed by atoms with Crippen LogP contribution in [0.2, 0.25) is 0 Å². The molecule has 30 nitrogen and oxygen atoms in total. The van der Waals surface area contributed by atoms with Gasteiger partial charge in [0, 0.05) is 11.4 Å². The van der Waals surface area contributed by atoms with Gasteiger partial charge in [0.2, 0.25) is 17.8 Å². The minimum Gasteiger partial charge on any atom is -0.480 e. The van der Waals surface area contributed by atoms with Crippen molar-refractivity contribution in [1.29, 1.82) is 0 Å². The first-order valence-corrected chi connectivity index (χ1v) is 27.6. The van der Waals surface area contributed by atoms with Crippen molar-refractivity contribution in [3.05, 3.63) is 132 Å². The maximum atomic E-state index is 12.4. The number of benzene rings is 6. The molecule has 8 N–H and O–H groups in total. The van der Waals surface area contributed by atoms with E-state index >= 15 is 0 Å². The van der Waals surface area contributed by atoms with Gasteiger partial charge in [-0.05, 0) is 146 Å². The van der Waals surface area contributed by atoms with Gasteiger partial charge >= 0.3 is 11.9 Å². The molecule has 0 aliphatic rings. The van der Waals surface area contributed by atoms with Gasteiger partial charge in [-0.2, -0.15) is 79.3 Å². The van der Waals surface area contributed by atoms with Crippen molar-refractivity contribution in [2.75, 3.05) is 28.6 Å². The number of aliphatic carboxylic acids is 2. The fourth-order valence-corrected chi connectivity index (χ4v) is 8.86. The van der Waals surface area contributed by atoms with Crippen LogP contribution in [0, 0.1) is 13.8 Å². The highest BCUT2D eigenvalue weighted by Crippen LogP contribution is 2.35. The second-order valence-electron chi connectivity index (χ2n) is 16.2. The highest BCUT2D eigenvalue weighted by atomic mass is 32.2. The van der Waals surface area contributed by atoms with Crippen molar-refractivity contribution >= 4 is 127 Å². The number of hydrogen-bond acceptors (Lipinski definition) is 24. The van der Waals surface area contributed by atoms with Gasteiger partial charge in [-0.3, -0.25) is 27.8 Å². The van der Waals surface area contributed by atoms with Crippen LogP contribution >= 0.6 is 0 Å². The van der Waals surface area contributed by atoms with E-state index in [0.29, 0.717) is 22.5 Å². The zero-order chi connectivity index (χ0) is 57.5. The quantitative estimate of drug-likeness (QED) is 0.0245. The van der Waals surface area contributed by atoms with Gasteiger partial charge in [-0.15, -0.1) is 10.2 Å². The number of aromatic nitrogens is 3. The van der Waals surface area contributed by atoms with Crippen molar-refractivity contribution in [1.82, 2.24) is 15.0 Å². The Labute approximate surface area is 447 Å². The zero-order valence-corrected chi connectivity index (χ0v) is 43.5. The molecule has 6 aromatic carbocycles. The fourth-order valence-electron chi connectivity index (χ4n) is 6.62. The molecule has 0 unspecified atom stereocenters. The topological polar surface area (TPSA) is 457 Å². The van der Waals surface area contributed by atoms with Crippen LogP contribution in [0.15, 0.2) is 182 Å². The molecule has 408 valence electrons. The molecule has 34 heteroatoms. The first-order valence-electron chi connectivity index (χ1n) is 21.8. The number of carbonyl (C=O) groups is 2. The number of rotatable bonds is 21. The summed E-state index contributed by atoms with van der Waals surface area (Å²) < 4.78 is 133. The molecule has 0 atom stereocenters. The SMILES string of the molecule is Cc1cc(Nc2nc(Nc3ccc(N=Nc4ccc(N=Nc5ccc(S(=O)(=O)O)cc5)cc4S(=O)(=O)O)c(C)c3)nc(N(CC(=O)O)CC(=O)O)n2)ccc1N=Nc1ccc(N=Nc2ccc(S(=O)(=O)O)cc2)cc1S(=O)(=O)O. The van der Waals surface area contributed by atoms with E-state index in [1.165, 1.54) is 72.8 Å². The highest BCUT2D eigenvalue weighted by molar-refractivity contribution is 7.86. The molecule has 0 fully saturated rings. The number of hydrogen-bond donors (Lipinski definition) is 8. The summed E-state index contributed by atoms with van der Waals surface area (Å²) >= 11 is 0. The van der Waals surface area contributed by atoms with Gasteiger partial charge in [0.25, 0.3) is 40.5 Å². The monoisotopic (exact) mass is 1160 g/mol. The predicted octanol–water partition coefficient (Wildman–Crippen LogP) is 9.60. The van der Waals surface area contributed by atoms with Crippen LogP contribution in [-0.2, 0) is 50.1 Å². The summed E-state index contributed by atoms with van der Waals surface area (Å²) in [5, 5.41) is 57.1. The molecule has 1 aromatic heterocycles. The Kier molecular flexibility index (Phi) is 17.1. The Bertz CT molecular complexity index is 3870. The normalized spacial score (nSPS) is 12.4. The molecule has 0 aliphatic carbocycles. The van der Waals surface area contributed by atoms with Crippen LogP contribution in [0.1, 0.15) is 11.1 Å². The Morgan fingerprint density at radius 3 is 1.09 bits per heavy atom. The molecule has 7 aromatic rings. The summed E-state index contributed by atoms with van der Waals surface area (Å²) in [4.78, 5) is 35.3. The molecule has 1 heterocycles. The van der Waals surface area contributed by atoms with Crippen LogP contribution in [-0.4, -0.2) is 102 Å². The van der Waals surface area contributed by atoms with E-state index in [4.69, 9.17) is 0 Å². The molecule has 0 spiro atoms. The number of aryl methyl sites for hydroxylation is 2.